The van der Waals surface area contributed by atoms with Crippen molar-refractivity contribution in [3.63, 3.8) is 0 Å². The fourth-order valence-corrected chi connectivity index (χ4v) is 17.4. The first-order valence-electron chi connectivity index (χ1n) is 44.8. The number of hydrogen-bond donors (Lipinski definition) is 6. The number of carboxylic acid groups (broad SMARTS) is 1. The third kappa shape index (κ3) is 31.4. The summed E-state index contributed by atoms with van der Waals surface area (Å²) in [6.07, 6.45) is 8.53. The van der Waals surface area contributed by atoms with Crippen molar-refractivity contribution in [1.29, 1.82) is 0 Å². The van der Waals surface area contributed by atoms with Crippen LogP contribution >= 0.6 is 0 Å². The number of nitrogens with one attached hydrogen (secondary N) is 5. The van der Waals surface area contributed by atoms with Crippen molar-refractivity contribution in [3.05, 3.63) is 119 Å². The molecule has 12 rings (SSSR count). The van der Waals surface area contributed by atoms with Crippen LogP contribution in [0.2, 0.25) is 0 Å². The molecule has 4 aromatic carbocycles. The summed E-state index contributed by atoms with van der Waals surface area (Å²) in [4.78, 5) is 142. The molecule has 8 aliphatic rings. The molecule has 8 heterocycles. The van der Waals surface area contributed by atoms with Gasteiger partial charge in [0.2, 0.25) is 35.4 Å². The number of nitrogens with zero attached hydrogens (tertiary/aromatic N) is 5. The molecule has 4 atom stereocenters. The van der Waals surface area contributed by atoms with Crippen molar-refractivity contribution < 1.29 is 95.7 Å². The van der Waals surface area contributed by atoms with Gasteiger partial charge in [0.05, 0.1) is 20.2 Å². The molecule has 9 amide bonds. The Morgan fingerprint density at radius 2 is 0.677 bits per heavy atom. The number of carbonyl (C=O) groups is 11. The Morgan fingerprint density at radius 3 is 0.913 bits per heavy atom. The molecular weight excluding hydrogens is 1620 g/mol. The standard InChI is InChI=1S/C26H39N3O5.C23H32N2O6.C22H30N2O6.C21H31N3O3.B5/c1-6-28(7-2)23(31)18-27-22(30)16-19-17-26(33-21-11-9-8-10-20(19)21)12-14-29(15-13-26)24(32)34-25(3,4)5;1-22(2,3)31-21(28)25-11-9-23(10-12-25)14-16(13-19(26)24-15-20(27)29-4)17-7-5-6-8-18(17)30-23;1-21(2,3)30-20(28)24-10-8-22(9-11-24)13-15(12-18(25)23-14-19(26)27)16-6-4-5-7-17(16)29-22;1-3-24(4-2)20(26)15-23-19(25)13-16-14-21(9-11-22-12-10-21)27-18-8-6-5-7-17(16)18;1-4-5(2)3/h8-11,19H,6-7,12-18H2,1-5H3,(H,27,30);5-8,16H,9-15H2,1-4H3,(H,24,26);4-7,15H,8-14H2,1-3H3,(H,23,25)(H,26,27);5-8,16,22H,3-4,9-15H2,1-2H3,(H,23,25);. The molecule has 0 bridgehead atoms. The van der Waals surface area contributed by atoms with Crippen molar-refractivity contribution >= 4 is 102 Å². The maximum Gasteiger partial charge on any atom is 0.410 e. The number of likely N-dealkylation sites (N-methyl/N-ethyl adjacent to an activating group) is 2. The number of para-hydroxylation sites is 4. The quantitative estimate of drug-likeness (QED) is 0.0257. The molecule has 8 aliphatic heterocycles. The Kier molecular flexibility index (Phi) is 37.7. The van der Waals surface area contributed by atoms with Gasteiger partial charge in [-0.2, -0.15) is 0 Å². The molecule has 6 N–H and O–H groups in total. The van der Waals surface area contributed by atoms with E-state index in [2.05, 4.69) is 37.4 Å². The minimum atomic E-state index is -1.07. The van der Waals surface area contributed by atoms with E-state index in [0.717, 1.165) is 77.6 Å². The number of esters is 1. The fraction of sp³-hybridized carbons (Fsp3) is 0.620. The molecule has 0 saturated carbocycles. The third-order valence-electron chi connectivity index (χ3n) is 23.9. The number of piperidine rings is 4. The summed E-state index contributed by atoms with van der Waals surface area (Å²) in [5, 5.41) is 22.9. The molecule has 30 nitrogen and oxygen atoms in total. The highest BCUT2D eigenvalue weighted by atomic mass is 16.6. The van der Waals surface area contributed by atoms with Crippen molar-refractivity contribution in [2.45, 2.75) is 256 Å². The van der Waals surface area contributed by atoms with Gasteiger partial charge >= 0.3 is 30.2 Å². The Bertz CT molecular complexity index is 4350. The number of carboxylic acids is 1. The number of carbonyl (C=O) groups excluding carboxylic acids is 10. The summed E-state index contributed by atoms with van der Waals surface area (Å²) in [5.74, 6) is 0.903. The van der Waals surface area contributed by atoms with Gasteiger partial charge in [0.1, 0.15) is 75.3 Å². The van der Waals surface area contributed by atoms with Crippen LogP contribution < -0.4 is 45.5 Å². The van der Waals surface area contributed by atoms with Crippen molar-refractivity contribution in [1.82, 2.24) is 51.1 Å². The molecule has 4 spiro atoms. The lowest BCUT2D eigenvalue weighted by atomic mass is 8.97. The van der Waals surface area contributed by atoms with Crippen molar-refractivity contribution in [2.24, 2.45) is 0 Å². The normalized spacial score (nSPS) is 19.3. The number of ether oxygens (including phenoxy) is 8. The van der Waals surface area contributed by atoms with Crippen LogP contribution in [-0.4, -0.2) is 283 Å². The molecule has 7 radical (unpaired) electrons. The van der Waals surface area contributed by atoms with Crippen molar-refractivity contribution in [2.75, 3.05) is 112 Å². The Balaban J connectivity index is 0.000000206. The van der Waals surface area contributed by atoms with E-state index in [1.807, 2.05) is 181 Å². The molecule has 4 saturated heterocycles. The lowest BCUT2D eigenvalue weighted by Crippen LogP contribution is -2.52. The van der Waals surface area contributed by atoms with Gasteiger partial charge in [-0.25, -0.2) is 14.4 Å². The second-order valence-corrected chi connectivity index (χ2v) is 36.8. The van der Waals surface area contributed by atoms with Crippen LogP contribution in [0.15, 0.2) is 97.1 Å². The van der Waals surface area contributed by atoms with E-state index >= 15 is 0 Å². The molecule has 127 heavy (non-hydrogen) atoms. The van der Waals surface area contributed by atoms with Crippen LogP contribution in [0.4, 0.5) is 14.4 Å². The van der Waals surface area contributed by atoms with Gasteiger partial charge < -0.3 is 94.1 Å². The summed E-state index contributed by atoms with van der Waals surface area (Å²) in [7, 11) is 17.1. The van der Waals surface area contributed by atoms with Crippen LogP contribution in [0, 0.1) is 0 Å². The first-order chi connectivity index (χ1) is 60.1. The zero-order valence-electron chi connectivity index (χ0n) is 77.0. The SMILES string of the molecule is CC(C)(C)OC(=O)N1CCC2(CC1)CC(CC(=O)NCC(=O)O)c1ccccc1O2.CCN(CC)C(=O)CNC(=O)CC1CC2(CCN(C(=O)OC(C)(C)C)CC2)Oc2ccccc21.CCN(CC)C(=O)CNC(=O)CC1CC2(CCNCC2)Oc2ccccc21.COC(=O)CNC(=O)CC1CC2(CCN(C(=O)OC(C)(C)C)CC2)Oc2ccccc21.[B][B]B([B])[B]. The lowest BCUT2D eigenvalue weighted by Gasteiger charge is -2.46. The second kappa shape index (κ2) is 46.8. The number of amides is 9. The lowest BCUT2D eigenvalue weighted by molar-refractivity contribution is -0.141. The molecule has 0 aromatic heterocycles. The van der Waals surface area contributed by atoms with E-state index in [9.17, 15) is 52.7 Å². The Labute approximate surface area is 755 Å². The number of rotatable bonds is 21. The highest BCUT2D eigenvalue weighted by molar-refractivity contribution is 7.60. The smallest absolute Gasteiger partial charge is 0.410 e. The molecule has 0 aliphatic carbocycles. The predicted molar refractivity (Wildman–Crippen MR) is 487 cm³/mol. The average Bonchev–Trinajstić information content (AvgIpc) is 0.772. The molecule has 35 heteroatoms. The number of methoxy groups -OCH3 is 1. The number of fused-ring (bicyclic) bond motifs is 4. The Morgan fingerprint density at radius 1 is 0.433 bits per heavy atom. The second-order valence-electron chi connectivity index (χ2n) is 36.8. The molecule has 685 valence electrons. The van der Waals surface area contributed by atoms with Gasteiger partial charge in [-0.3, -0.25) is 38.4 Å². The number of benzene rings is 4. The van der Waals surface area contributed by atoms with Crippen LogP contribution in [0.5, 0.6) is 23.0 Å². The third-order valence-corrected chi connectivity index (χ3v) is 23.9. The highest BCUT2D eigenvalue weighted by Crippen LogP contribution is 2.51. The van der Waals surface area contributed by atoms with Gasteiger partial charge in [-0.15, -0.1) is 0 Å². The molecule has 4 fully saturated rings. The zero-order valence-corrected chi connectivity index (χ0v) is 77.0. The van der Waals surface area contributed by atoms with E-state index in [-0.39, 0.29) is 122 Å². The number of likely N-dealkylation sites (tertiary alicyclic amines) is 3. The highest BCUT2D eigenvalue weighted by Gasteiger charge is 2.49. The molecular formula is C92H132B5N10O20. The first kappa shape index (κ1) is 102. The summed E-state index contributed by atoms with van der Waals surface area (Å²) in [6.45, 7) is 31.7. The van der Waals surface area contributed by atoms with E-state index in [1.54, 1.807) is 24.5 Å². The minimum absolute atomic E-state index is 0.0124. The summed E-state index contributed by atoms with van der Waals surface area (Å²) >= 11 is 0. The number of aliphatic carboxylic acids is 1. The summed E-state index contributed by atoms with van der Waals surface area (Å²) in [5.41, 5.74) is 0.994. The van der Waals surface area contributed by atoms with E-state index < -0.39 is 51.9 Å². The molecule has 4 aromatic rings. The van der Waals surface area contributed by atoms with Gasteiger partial charge in [0.15, 0.2) is 0 Å². The topological polar surface area (TPSA) is 358 Å². The maximum atomic E-state index is 12.8. The zero-order chi connectivity index (χ0) is 93.1. The van der Waals surface area contributed by atoms with Crippen molar-refractivity contribution in [3.8, 4) is 23.0 Å². The van der Waals surface area contributed by atoms with Crippen LogP contribution in [0.1, 0.15) is 239 Å². The number of hydrogen-bond acceptors (Lipinski definition) is 20. The average molecular weight is 1750 g/mol. The summed E-state index contributed by atoms with van der Waals surface area (Å²) in [6, 6.07) is 31.3. The molecule has 4 unspecified atom stereocenters. The van der Waals surface area contributed by atoms with Gasteiger partial charge in [-0.1, -0.05) is 72.8 Å². The fourth-order valence-electron chi connectivity index (χ4n) is 17.4. The Hall–Kier alpha value is -10.1. The van der Waals surface area contributed by atoms with Gasteiger partial charge in [0, 0.05) is 190 Å². The summed E-state index contributed by atoms with van der Waals surface area (Å²) < 4.78 is 46.8. The van der Waals surface area contributed by atoms with E-state index in [4.69, 9.17) is 61.5 Å². The predicted octanol–water partition coefficient (Wildman–Crippen LogP) is 9.76. The largest absolute Gasteiger partial charge is 0.487 e. The first-order valence-corrected chi connectivity index (χ1v) is 44.8. The van der Waals surface area contributed by atoms with Crippen LogP contribution in [0.3, 0.4) is 0 Å². The maximum absolute atomic E-state index is 12.8. The van der Waals surface area contributed by atoms with E-state index in [1.165, 1.54) is 14.2 Å². The van der Waals surface area contributed by atoms with Gasteiger partial charge in [0.25, 0.3) is 0 Å². The van der Waals surface area contributed by atoms with Crippen LogP contribution in [-0.2, 0) is 57.3 Å². The monoisotopic (exact) mass is 1750 g/mol. The van der Waals surface area contributed by atoms with E-state index in [0.29, 0.717) is 136 Å². The van der Waals surface area contributed by atoms with Gasteiger partial charge in [-0.05, 0) is 188 Å². The minimum Gasteiger partial charge on any atom is -0.487 e. The van der Waals surface area contributed by atoms with Crippen LogP contribution in [0.25, 0.3) is 0 Å².